The molecule has 4 heteroatoms. The van der Waals surface area contributed by atoms with Crippen molar-refractivity contribution < 1.29 is 4.42 Å². The summed E-state index contributed by atoms with van der Waals surface area (Å²) in [6.07, 6.45) is 6.20. The van der Waals surface area contributed by atoms with Crippen molar-refractivity contribution in [1.29, 1.82) is 0 Å². The van der Waals surface area contributed by atoms with E-state index in [0.717, 1.165) is 18.0 Å². The fourth-order valence-electron chi connectivity index (χ4n) is 2.56. The molecule has 0 amide bonds. The normalized spacial score (nSPS) is 15.2. The number of benzene rings is 1. The van der Waals surface area contributed by atoms with Gasteiger partial charge >= 0.3 is 0 Å². The highest BCUT2D eigenvalue weighted by molar-refractivity contribution is 6.32. The van der Waals surface area contributed by atoms with Gasteiger partial charge in [-0.3, -0.25) is 0 Å². The van der Waals surface area contributed by atoms with E-state index < -0.39 is 0 Å². The third kappa shape index (κ3) is 1.85. The standard InChI is InChI=1S/C15H13ClN2O/c16-15-14(19-9-17-15)12-8-18(7-10-5-6-10)13-4-2-1-3-11(12)13/h1-4,8-10H,5-7H2. The fraction of sp³-hybridized carbons (Fsp3) is 0.267. The van der Waals surface area contributed by atoms with Gasteiger partial charge in [-0.05, 0) is 24.8 Å². The van der Waals surface area contributed by atoms with Crippen LogP contribution in [0.2, 0.25) is 5.15 Å². The molecular formula is C15H13ClN2O. The summed E-state index contributed by atoms with van der Waals surface area (Å²) in [5.41, 5.74) is 2.26. The van der Waals surface area contributed by atoms with Gasteiger partial charge in [-0.25, -0.2) is 4.98 Å². The van der Waals surface area contributed by atoms with Gasteiger partial charge in [0.05, 0.1) is 0 Å². The molecule has 1 aromatic carbocycles. The molecule has 3 nitrogen and oxygen atoms in total. The van der Waals surface area contributed by atoms with Crippen LogP contribution < -0.4 is 0 Å². The molecule has 4 rings (SSSR count). The van der Waals surface area contributed by atoms with Crippen LogP contribution in [0.1, 0.15) is 12.8 Å². The van der Waals surface area contributed by atoms with Gasteiger partial charge in [0, 0.05) is 29.2 Å². The van der Waals surface area contributed by atoms with Crippen LogP contribution in [0, 0.1) is 5.92 Å². The molecule has 3 aromatic rings. The number of nitrogens with zero attached hydrogens (tertiary/aromatic N) is 2. The number of halogens is 1. The summed E-state index contributed by atoms with van der Waals surface area (Å²) in [5.74, 6) is 1.49. The van der Waals surface area contributed by atoms with E-state index in [1.807, 2.05) is 6.07 Å². The quantitative estimate of drug-likeness (QED) is 0.709. The molecule has 96 valence electrons. The Morgan fingerprint density at radius 2 is 2.16 bits per heavy atom. The number of oxazole rings is 1. The zero-order chi connectivity index (χ0) is 12.8. The summed E-state index contributed by atoms with van der Waals surface area (Å²) in [4.78, 5) is 3.97. The lowest BCUT2D eigenvalue weighted by atomic mass is 10.1. The molecule has 2 aromatic heterocycles. The van der Waals surface area contributed by atoms with Gasteiger partial charge in [-0.1, -0.05) is 29.8 Å². The van der Waals surface area contributed by atoms with Crippen LogP contribution >= 0.6 is 11.6 Å². The van der Waals surface area contributed by atoms with Gasteiger partial charge in [-0.15, -0.1) is 0 Å². The predicted octanol–water partition coefficient (Wildman–Crippen LogP) is 4.36. The Balaban J connectivity index is 1.92. The average molecular weight is 273 g/mol. The summed E-state index contributed by atoms with van der Waals surface area (Å²) >= 11 is 6.09. The lowest BCUT2D eigenvalue weighted by Crippen LogP contribution is -1.96. The van der Waals surface area contributed by atoms with Crippen molar-refractivity contribution in [2.45, 2.75) is 19.4 Å². The van der Waals surface area contributed by atoms with E-state index in [-0.39, 0.29) is 0 Å². The Labute approximate surface area is 115 Å². The minimum absolute atomic E-state index is 0.425. The fourth-order valence-corrected chi connectivity index (χ4v) is 2.75. The minimum Gasteiger partial charge on any atom is -0.442 e. The molecule has 0 aliphatic heterocycles. The van der Waals surface area contributed by atoms with Crippen LogP contribution in [0.25, 0.3) is 22.2 Å². The van der Waals surface area contributed by atoms with E-state index in [1.54, 1.807) is 0 Å². The Morgan fingerprint density at radius 3 is 2.89 bits per heavy atom. The number of hydrogen-bond acceptors (Lipinski definition) is 2. The van der Waals surface area contributed by atoms with Crippen molar-refractivity contribution in [1.82, 2.24) is 9.55 Å². The molecule has 19 heavy (non-hydrogen) atoms. The van der Waals surface area contributed by atoms with Gasteiger partial charge in [0.1, 0.15) is 0 Å². The maximum atomic E-state index is 6.09. The highest BCUT2D eigenvalue weighted by Crippen LogP contribution is 2.37. The number of para-hydroxylation sites is 1. The molecule has 0 bridgehead atoms. The predicted molar refractivity (Wildman–Crippen MR) is 75.2 cm³/mol. The first-order chi connectivity index (χ1) is 9.33. The molecule has 1 saturated carbocycles. The summed E-state index contributed by atoms with van der Waals surface area (Å²) in [6.45, 7) is 1.08. The van der Waals surface area contributed by atoms with Crippen LogP contribution in [0.5, 0.6) is 0 Å². The molecule has 1 aliphatic rings. The van der Waals surface area contributed by atoms with Crippen LogP contribution in [0.4, 0.5) is 0 Å². The van der Waals surface area contributed by atoms with Gasteiger partial charge in [-0.2, -0.15) is 0 Å². The first-order valence-electron chi connectivity index (χ1n) is 6.50. The topological polar surface area (TPSA) is 31.0 Å². The number of rotatable bonds is 3. The van der Waals surface area contributed by atoms with E-state index in [9.17, 15) is 0 Å². The Hall–Kier alpha value is -1.74. The molecule has 0 spiro atoms. The summed E-state index contributed by atoms with van der Waals surface area (Å²) in [5, 5.41) is 1.59. The van der Waals surface area contributed by atoms with Gasteiger partial charge in [0.15, 0.2) is 17.3 Å². The van der Waals surface area contributed by atoms with Gasteiger partial charge in [0.25, 0.3) is 0 Å². The second-order valence-electron chi connectivity index (χ2n) is 5.13. The Morgan fingerprint density at radius 1 is 1.32 bits per heavy atom. The van der Waals surface area contributed by atoms with E-state index >= 15 is 0 Å². The minimum atomic E-state index is 0.425. The van der Waals surface area contributed by atoms with Gasteiger partial charge in [0.2, 0.25) is 0 Å². The lowest BCUT2D eigenvalue weighted by molar-refractivity contribution is 0.571. The average Bonchev–Trinajstić information content (AvgIpc) is 3.03. The third-order valence-corrected chi connectivity index (χ3v) is 3.98. The first kappa shape index (κ1) is 11.1. The monoisotopic (exact) mass is 272 g/mol. The van der Waals surface area contributed by atoms with Gasteiger partial charge < -0.3 is 8.98 Å². The smallest absolute Gasteiger partial charge is 0.182 e. The van der Waals surface area contributed by atoms with E-state index in [2.05, 4.69) is 33.9 Å². The van der Waals surface area contributed by atoms with E-state index in [1.165, 1.54) is 30.1 Å². The van der Waals surface area contributed by atoms with Crippen LogP contribution in [0.15, 0.2) is 41.3 Å². The molecule has 1 aliphatic carbocycles. The highest BCUT2D eigenvalue weighted by Gasteiger charge is 2.23. The second kappa shape index (κ2) is 4.14. The Bertz CT molecular complexity index is 740. The van der Waals surface area contributed by atoms with Crippen LogP contribution in [0.3, 0.4) is 0 Å². The zero-order valence-corrected chi connectivity index (χ0v) is 11.1. The SMILES string of the molecule is Clc1ncoc1-c1cn(CC2CC2)c2ccccc12. The molecule has 0 saturated heterocycles. The third-order valence-electron chi connectivity index (χ3n) is 3.71. The van der Waals surface area contributed by atoms with Crippen molar-refractivity contribution in [2.75, 3.05) is 0 Å². The van der Waals surface area contributed by atoms with Crippen molar-refractivity contribution in [3.63, 3.8) is 0 Å². The van der Waals surface area contributed by atoms with E-state index in [4.69, 9.17) is 16.0 Å². The summed E-state index contributed by atoms with van der Waals surface area (Å²) < 4.78 is 7.74. The van der Waals surface area contributed by atoms with Crippen molar-refractivity contribution >= 4 is 22.5 Å². The van der Waals surface area contributed by atoms with Crippen LogP contribution in [-0.4, -0.2) is 9.55 Å². The maximum absolute atomic E-state index is 6.09. The summed E-state index contributed by atoms with van der Waals surface area (Å²) in [7, 11) is 0. The van der Waals surface area contributed by atoms with E-state index in [0.29, 0.717) is 10.9 Å². The van der Waals surface area contributed by atoms with Crippen molar-refractivity contribution in [2.24, 2.45) is 5.92 Å². The highest BCUT2D eigenvalue weighted by atomic mass is 35.5. The van der Waals surface area contributed by atoms with Crippen molar-refractivity contribution in [3.05, 3.63) is 42.0 Å². The number of aromatic nitrogens is 2. The molecule has 1 fully saturated rings. The zero-order valence-electron chi connectivity index (χ0n) is 10.3. The molecule has 0 atom stereocenters. The number of fused-ring (bicyclic) bond motifs is 1. The second-order valence-corrected chi connectivity index (χ2v) is 5.49. The molecule has 0 radical (unpaired) electrons. The molecular weight excluding hydrogens is 260 g/mol. The maximum Gasteiger partial charge on any atom is 0.182 e. The van der Waals surface area contributed by atoms with Crippen molar-refractivity contribution in [3.8, 4) is 11.3 Å². The molecule has 2 heterocycles. The Kier molecular flexibility index (Phi) is 2.42. The number of hydrogen-bond donors (Lipinski definition) is 0. The largest absolute Gasteiger partial charge is 0.442 e. The molecule has 0 unspecified atom stereocenters. The van der Waals surface area contributed by atoms with Crippen LogP contribution in [-0.2, 0) is 6.54 Å². The first-order valence-corrected chi connectivity index (χ1v) is 6.88. The lowest BCUT2D eigenvalue weighted by Gasteiger charge is -2.02. The summed E-state index contributed by atoms with van der Waals surface area (Å²) in [6, 6.07) is 8.35. The molecule has 0 N–H and O–H groups in total.